The average Bonchev–Trinajstić information content (AvgIpc) is 2.66. The molecule has 1 amide bonds. The van der Waals surface area contributed by atoms with E-state index in [0.717, 1.165) is 18.4 Å². The Morgan fingerprint density at radius 3 is 3.12 bits per heavy atom. The molecular formula is C13H22N2O2. The molecule has 1 saturated carbocycles. The highest BCUT2D eigenvalue weighted by Gasteiger charge is 2.40. The summed E-state index contributed by atoms with van der Waals surface area (Å²) in [5, 5.41) is 6.29. The maximum Gasteiger partial charge on any atom is 0.221 e. The van der Waals surface area contributed by atoms with Gasteiger partial charge in [-0.3, -0.25) is 4.79 Å². The van der Waals surface area contributed by atoms with Crippen molar-refractivity contribution in [2.45, 2.75) is 25.3 Å². The minimum absolute atomic E-state index is 0.104. The molecule has 0 aromatic heterocycles. The molecule has 2 rings (SSSR count). The van der Waals surface area contributed by atoms with Gasteiger partial charge in [0.15, 0.2) is 0 Å². The van der Waals surface area contributed by atoms with Crippen LogP contribution in [0.15, 0.2) is 12.2 Å². The number of rotatable bonds is 7. The zero-order valence-electron chi connectivity index (χ0n) is 10.4. The maximum atomic E-state index is 11.4. The molecule has 3 atom stereocenters. The van der Waals surface area contributed by atoms with Crippen LogP contribution in [0, 0.1) is 11.8 Å². The van der Waals surface area contributed by atoms with E-state index in [0.29, 0.717) is 25.6 Å². The van der Waals surface area contributed by atoms with Crippen molar-refractivity contribution >= 4 is 5.91 Å². The molecule has 96 valence electrons. The van der Waals surface area contributed by atoms with Crippen LogP contribution in [0.2, 0.25) is 0 Å². The lowest BCUT2D eigenvalue weighted by molar-refractivity contribution is -0.121. The van der Waals surface area contributed by atoms with Gasteiger partial charge in [0.05, 0.1) is 6.61 Å². The van der Waals surface area contributed by atoms with Crippen molar-refractivity contribution < 1.29 is 9.53 Å². The number of hydrogen-bond donors (Lipinski definition) is 2. The molecule has 4 heteroatoms. The van der Waals surface area contributed by atoms with Crippen LogP contribution in [0.1, 0.15) is 19.3 Å². The van der Waals surface area contributed by atoms with Crippen molar-refractivity contribution in [3.8, 4) is 0 Å². The van der Waals surface area contributed by atoms with E-state index in [1.54, 1.807) is 7.11 Å². The summed E-state index contributed by atoms with van der Waals surface area (Å²) in [6, 6.07) is 0.602. The zero-order valence-corrected chi connectivity index (χ0v) is 10.4. The molecule has 0 saturated heterocycles. The molecule has 2 aliphatic carbocycles. The maximum absolute atomic E-state index is 11.4. The van der Waals surface area contributed by atoms with E-state index in [-0.39, 0.29) is 5.91 Å². The third-order valence-corrected chi connectivity index (χ3v) is 3.75. The molecule has 2 N–H and O–H groups in total. The minimum Gasteiger partial charge on any atom is -0.383 e. The lowest BCUT2D eigenvalue weighted by Gasteiger charge is -2.40. The van der Waals surface area contributed by atoms with Crippen molar-refractivity contribution in [1.82, 2.24) is 10.6 Å². The first-order valence-electron chi connectivity index (χ1n) is 6.47. The summed E-state index contributed by atoms with van der Waals surface area (Å²) < 4.78 is 4.87. The Morgan fingerprint density at radius 2 is 2.35 bits per heavy atom. The van der Waals surface area contributed by atoms with E-state index in [4.69, 9.17) is 4.74 Å². The molecule has 0 heterocycles. The van der Waals surface area contributed by atoms with Crippen molar-refractivity contribution in [3.05, 3.63) is 12.2 Å². The molecule has 0 aliphatic heterocycles. The molecule has 0 aromatic carbocycles. The van der Waals surface area contributed by atoms with Crippen LogP contribution in [-0.4, -0.2) is 38.8 Å². The fraction of sp³-hybridized carbons (Fsp3) is 0.769. The zero-order chi connectivity index (χ0) is 12.1. The van der Waals surface area contributed by atoms with Crippen molar-refractivity contribution in [3.63, 3.8) is 0 Å². The number of methoxy groups -OCH3 is 1. The predicted molar refractivity (Wildman–Crippen MR) is 66.6 cm³/mol. The smallest absolute Gasteiger partial charge is 0.221 e. The number of amides is 1. The quantitative estimate of drug-likeness (QED) is 0.507. The summed E-state index contributed by atoms with van der Waals surface area (Å²) in [4.78, 5) is 11.4. The van der Waals surface area contributed by atoms with E-state index >= 15 is 0 Å². The van der Waals surface area contributed by atoms with Crippen LogP contribution >= 0.6 is 0 Å². The van der Waals surface area contributed by atoms with Crippen LogP contribution in [0.4, 0.5) is 0 Å². The Morgan fingerprint density at radius 1 is 1.47 bits per heavy atom. The van der Waals surface area contributed by atoms with E-state index < -0.39 is 0 Å². The van der Waals surface area contributed by atoms with Crippen LogP contribution in [0.5, 0.6) is 0 Å². The molecule has 0 radical (unpaired) electrons. The van der Waals surface area contributed by atoms with Gasteiger partial charge >= 0.3 is 0 Å². The number of fused-ring (bicyclic) bond motifs is 1. The highest BCUT2D eigenvalue weighted by Crippen LogP contribution is 2.42. The number of hydrogen-bond acceptors (Lipinski definition) is 3. The number of nitrogens with one attached hydrogen (secondary N) is 2. The van der Waals surface area contributed by atoms with Gasteiger partial charge in [0.25, 0.3) is 0 Å². The molecule has 0 spiro atoms. The standard InChI is InChI=1S/C13H22N2O2/c1-17-8-7-15-13(16)5-6-14-12-9-10-3-2-4-11(10)12/h2,4,10-12,14H,3,5-9H2,1H3,(H,15,16). The van der Waals surface area contributed by atoms with E-state index in [1.165, 1.54) is 12.8 Å². The van der Waals surface area contributed by atoms with Gasteiger partial charge in [-0.05, 0) is 24.7 Å². The summed E-state index contributed by atoms with van der Waals surface area (Å²) in [6.07, 6.45) is 7.68. The van der Waals surface area contributed by atoms with Gasteiger partial charge in [0.1, 0.15) is 0 Å². The molecule has 4 nitrogen and oxygen atoms in total. The van der Waals surface area contributed by atoms with Gasteiger partial charge in [0.2, 0.25) is 5.91 Å². The predicted octanol–water partition coefficient (Wildman–Crippen LogP) is 0.693. The first-order valence-corrected chi connectivity index (χ1v) is 6.47. The van der Waals surface area contributed by atoms with Crippen LogP contribution in [0.25, 0.3) is 0 Å². The molecule has 2 aliphatic rings. The summed E-state index contributed by atoms with van der Waals surface area (Å²) in [6.45, 7) is 1.96. The van der Waals surface area contributed by atoms with Gasteiger partial charge in [-0.15, -0.1) is 0 Å². The SMILES string of the molecule is COCCNC(=O)CCNC1CC2CC=CC21. The van der Waals surface area contributed by atoms with Gasteiger partial charge < -0.3 is 15.4 Å². The third kappa shape index (κ3) is 3.30. The molecule has 0 bridgehead atoms. The lowest BCUT2D eigenvalue weighted by atomic mass is 9.71. The monoisotopic (exact) mass is 238 g/mol. The summed E-state index contributed by atoms with van der Waals surface area (Å²) in [7, 11) is 1.63. The molecule has 17 heavy (non-hydrogen) atoms. The van der Waals surface area contributed by atoms with E-state index in [2.05, 4.69) is 22.8 Å². The van der Waals surface area contributed by atoms with Gasteiger partial charge in [-0.1, -0.05) is 12.2 Å². The summed E-state index contributed by atoms with van der Waals surface area (Å²) >= 11 is 0. The Kier molecular flexibility index (Phi) is 4.57. The lowest BCUT2D eigenvalue weighted by Crippen LogP contribution is -2.48. The van der Waals surface area contributed by atoms with Gasteiger partial charge in [-0.2, -0.15) is 0 Å². The second-order valence-electron chi connectivity index (χ2n) is 4.89. The summed E-state index contributed by atoms with van der Waals surface area (Å²) in [5.74, 6) is 1.71. The fourth-order valence-corrected chi connectivity index (χ4v) is 2.70. The number of allylic oxidation sites excluding steroid dienone is 1. The highest BCUT2D eigenvalue weighted by atomic mass is 16.5. The Labute approximate surface area is 103 Å². The largest absolute Gasteiger partial charge is 0.383 e. The third-order valence-electron chi connectivity index (χ3n) is 3.75. The van der Waals surface area contributed by atoms with E-state index in [1.807, 2.05) is 0 Å². The van der Waals surface area contributed by atoms with Crippen molar-refractivity contribution in [2.75, 3.05) is 26.8 Å². The average molecular weight is 238 g/mol. The second kappa shape index (κ2) is 6.17. The van der Waals surface area contributed by atoms with Crippen molar-refractivity contribution in [1.29, 1.82) is 0 Å². The Bertz CT molecular complexity index is 291. The van der Waals surface area contributed by atoms with Crippen molar-refractivity contribution in [2.24, 2.45) is 11.8 Å². The second-order valence-corrected chi connectivity index (χ2v) is 4.89. The first kappa shape index (κ1) is 12.6. The molecular weight excluding hydrogens is 216 g/mol. The van der Waals surface area contributed by atoms with Crippen LogP contribution in [0.3, 0.4) is 0 Å². The van der Waals surface area contributed by atoms with E-state index in [9.17, 15) is 4.79 Å². The number of carbonyl (C=O) groups is 1. The van der Waals surface area contributed by atoms with Gasteiger partial charge in [-0.25, -0.2) is 0 Å². The number of carbonyl (C=O) groups excluding carboxylic acids is 1. The Hall–Kier alpha value is -0.870. The Balaban J connectivity index is 1.51. The fourth-order valence-electron chi connectivity index (χ4n) is 2.70. The number of ether oxygens (including phenoxy) is 1. The topological polar surface area (TPSA) is 50.4 Å². The normalized spacial score (nSPS) is 29.8. The van der Waals surface area contributed by atoms with Crippen LogP contribution < -0.4 is 10.6 Å². The molecule has 0 aromatic rings. The molecule has 3 unspecified atom stereocenters. The first-order chi connectivity index (χ1) is 8.31. The minimum atomic E-state index is 0.104. The summed E-state index contributed by atoms with van der Waals surface area (Å²) in [5.41, 5.74) is 0. The van der Waals surface area contributed by atoms with Crippen LogP contribution in [-0.2, 0) is 9.53 Å². The highest BCUT2D eigenvalue weighted by molar-refractivity contribution is 5.76. The molecule has 1 fully saturated rings. The van der Waals surface area contributed by atoms with Gasteiger partial charge in [0, 0.05) is 32.7 Å².